The van der Waals surface area contributed by atoms with Gasteiger partial charge in [-0.25, -0.2) is 9.59 Å². The molecule has 1 heterocycles. The molecular weight excluding hydrogens is 244 g/mol. The number of carboxylic acids is 1. The summed E-state index contributed by atoms with van der Waals surface area (Å²) in [6.07, 6.45) is 4.72. The van der Waals surface area contributed by atoms with E-state index in [2.05, 4.69) is 5.32 Å². The fraction of sp³-hybridized carbons (Fsp3) is 0.286. The molecule has 1 aromatic rings. The fourth-order valence-corrected chi connectivity index (χ4v) is 1.97. The summed E-state index contributed by atoms with van der Waals surface area (Å²) >= 11 is 0. The molecule has 2 rings (SSSR count). The molecule has 0 fully saturated rings. The highest BCUT2D eigenvalue weighted by Gasteiger charge is 2.24. The Morgan fingerprint density at radius 3 is 2.53 bits per heavy atom. The lowest BCUT2D eigenvalue weighted by Gasteiger charge is -2.25. The van der Waals surface area contributed by atoms with Crippen molar-refractivity contribution in [3.63, 3.8) is 0 Å². The van der Waals surface area contributed by atoms with Crippen molar-refractivity contribution < 1.29 is 14.7 Å². The van der Waals surface area contributed by atoms with Crippen LogP contribution in [0.5, 0.6) is 0 Å². The van der Waals surface area contributed by atoms with Gasteiger partial charge in [-0.2, -0.15) is 0 Å². The van der Waals surface area contributed by atoms with Gasteiger partial charge in [0, 0.05) is 13.1 Å². The second-order valence-electron chi connectivity index (χ2n) is 4.34. The molecule has 1 aromatic carbocycles. The summed E-state index contributed by atoms with van der Waals surface area (Å²) in [5.74, 6) is -1.06. The van der Waals surface area contributed by atoms with Gasteiger partial charge < -0.3 is 15.3 Å². The molecule has 2 N–H and O–H groups in total. The van der Waals surface area contributed by atoms with Crippen LogP contribution in [0, 0.1) is 0 Å². The molecule has 0 saturated carbocycles. The third-order valence-electron chi connectivity index (χ3n) is 2.99. The SMILES string of the molecule is O=C(O)[C@H](NC(=O)N1CC=CCC1)c1ccccc1. The number of carbonyl (C=O) groups is 2. The van der Waals surface area contributed by atoms with Crippen LogP contribution in [0.1, 0.15) is 18.0 Å². The number of hydrogen-bond donors (Lipinski definition) is 2. The zero-order chi connectivity index (χ0) is 13.7. The molecular formula is C14H16N2O3. The van der Waals surface area contributed by atoms with Crippen LogP contribution in [0.15, 0.2) is 42.5 Å². The van der Waals surface area contributed by atoms with E-state index in [-0.39, 0.29) is 6.03 Å². The van der Waals surface area contributed by atoms with E-state index in [0.29, 0.717) is 18.7 Å². The van der Waals surface area contributed by atoms with Crippen LogP contribution in [0.4, 0.5) is 4.79 Å². The van der Waals surface area contributed by atoms with Crippen molar-refractivity contribution in [2.24, 2.45) is 0 Å². The van der Waals surface area contributed by atoms with Gasteiger partial charge in [-0.1, -0.05) is 42.5 Å². The van der Waals surface area contributed by atoms with E-state index in [1.807, 2.05) is 12.2 Å². The first-order valence-electron chi connectivity index (χ1n) is 6.16. The molecule has 0 unspecified atom stereocenters. The van der Waals surface area contributed by atoms with Crippen molar-refractivity contribution in [3.8, 4) is 0 Å². The van der Waals surface area contributed by atoms with Crippen LogP contribution in [0.25, 0.3) is 0 Å². The highest BCUT2D eigenvalue weighted by atomic mass is 16.4. The van der Waals surface area contributed by atoms with Crippen molar-refractivity contribution >= 4 is 12.0 Å². The van der Waals surface area contributed by atoms with Gasteiger partial charge >= 0.3 is 12.0 Å². The van der Waals surface area contributed by atoms with Gasteiger partial charge in [0.25, 0.3) is 0 Å². The van der Waals surface area contributed by atoms with E-state index in [4.69, 9.17) is 0 Å². The van der Waals surface area contributed by atoms with Crippen molar-refractivity contribution in [1.82, 2.24) is 10.2 Å². The second-order valence-corrected chi connectivity index (χ2v) is 4.34. The molecule has 2 amide bonds. The maximum absolute atomic E-state index is 12.0. The van der Waals surface area contributed by atoms with Crippen LogP contribution >= 0.6 is 0 Å². The summed E-state index contributed by atoms with van der Waals surface area (Å²) in [5, 5.41) is 11.8. The number of nitrogens with zero attached hydrogens (tertiary/aromatic N) is 1. The van der Waals surface area contributed by atoms with Crippen molar-refractivity contribution in [3.05, 3.63) is 48.0 Å². The lowest BCUT2D eigenvalue weighted by Crippen LogP contribution is -2.45. The van der Waals surface area contributed by atoms with Crippen molar-refractivity contribution in [2.45, 2.75) is 12.5 Å². The lowest BCUT2D eigenvalue weighted by atomic mass is 10.1. The topological polar surface area (TPSA) is 69.6 Å². The third kappa shape index (κ3) is 3.34. The van der Waals surface area contributed by atoms with Gasteiger partial charge in [-0.05, 0) is 12.0 Å². The highest BCUT2D eigenvalue weighted by Crippen LogP contribution is 2.13. The molecule has 0 saturated heterocycles. The van der Waals surface area contributed by atoms with E-state index in [1.165, 1.54) is 0 Å². The summed E-state index contributed by atoms with van der Waals surface area (Å²) < 4.78 is 0. The first-order chi connectivity index (χ1) is 9.18. The van der Waals surface area contributed by atoms with Crippen LogP contribution < -0.4 is 5.32 Å². The number of carboxylic acid groups (broad SMARTS) is 1. The van der Waals surface area contributed by atoms with E-state index >= 15 is 0 Å². The minimum atomic E-state index is -1.06. The maximum Gasteiger partial charge on any atom is 0.330 e. The Morgan fingerprint density at radius 1 is 1.21 bits per heavy atom. The highest BCUT2D eigenvalue weighted by molar-refractivity contribution is 5.83. The van der Waals surface area contributed by atoms with E-state index in [0.717, 1.165) is 6.42 Å². The quantitative estimate of drug-likeness (QED) is 0.814. The molecule has 5 heteroatoms. The number of nitrogens with one attached hydrogen (secondary N) is 1. The second kappa shape index (κ2) is 6.04. The Morgan fingerprint density at radius 2 is 1.95 bits per heavy atom. The Kier molecular flexibility index (Phi) is 4.18. The molecule has 0 bridgehead atoms. The summed E-state index contributed by atoms with van der Waals surface area (Å²) in [6, 6.07) is 7.33. The minimum absolute atomic E-state index is 0.347. The van der Waals surface area contributed by atoms with Gasteiger partial charge in [0.05, 0.1) is 0 Å². The first kappa shape index (κ1) is 13.1. The fourth-order valence-electron chi connectivity index (χ4n) is 1.97. The van der Waals surface area contributed by atoms with Gasteiger partial charge in [0.15, 0.2) is 6.04 Å². The molecule has 1 aliphatic rings. The smallest absolute Gasteiger partial charge is 0.330 e. The standard InChI is InChI=1S/C14H16N2O3/c17-13(18)12(11-7-3-1-4-8-11)15-14(19)16-9-5-2-6-10-16/h1-5,7-8,12H,6,9-10H2,(H,15,19)(H,17,18)/t12-/m1/s1. The number of carbonyl (C=O) groups excluding carboxylic acids is 1. The van der Waals surface area contributed by atoms with Crippen LogP contribution in [-0.2, 0) is 4.79 Å². The molecule has 0 aromatic heterocycles. The summed E-state index contributed by atoms with van der Waals surface area (Å²) in [6.45, 7) is 1.14. The van der Waals surface area contributed by atoms with Crippen molar-refractivity contribution in [2.75, 3.05) is 13.1 Å². The monoisotopic (exact) mass is 260 g/mol. The van der Waals surface area contributed by atoms with Gasteiger partial charge in [-0.15, -0.1) is 0 Å². The Labute approximate surface area is 111 Å². The molecule has 1 atom stereocenters. The number of benzene rings is 1. The van der Waals surface area contributed by atoms with Gasteiger partial charge in [-0.3, -0.25) is 0 Å². The molecule has 19 heavy (non-hydrogen) atoms. The maximum atomic E-state index is 12.0. The summed E-state index contributed by atoms with van der Waals surface area (Å²) in [5.41, 5.74) is 0.566. The Bertz CT molecular complexity index is 485. The van der Waals surface area contributed by atoms with E-state index in [1.54, 1.807) is 35.2 Å². The van der Waals surface area contributed by atoms with Crippen molar-refractivity contribution in [1.29, 1.82) is 0 Å². The summed E-state index contributed by atoms with van der Waals surface area (Å²) in [7, 11) is 0. The third-order valence-corrected chi connectivity index (χ3v) is 2.99. The lowest BCUT2D eigenvalue weighted by molar-refractivity contribution is -0.139. The Balaban J connectivity index is 2.07. The molecule has 0 radical (unpaired) electrons. The predicted molar refractivity (Wildman–Crippen MR) is 70.7 cm³/mol. The largest absolute Gasteiger partial charge is 0.479 e. The predicted octanol–water partition coefficient (Wildman–Crippen LogP) is 1.78. The molecule has 1 aliphatic heterocycles. The average Bonchev–Trinajstić information content (AvgIpc) is 2.46. The van der Waals surface area contributed by atoms with E-state index in [9.17, 15) is 14.7 Å². The molecule has 0 spiro atoms. The molecule has 100 valence electrons. The number of rotatable bonds is 3. The minimum Gasteiger partial charge on any atom is -0.479 e. The van der Waals surface area contributed by atoms with E-state index < -0.39 is 12.0 Å². The number of amides is 2. The molecule has 5 nitrogen and oxygen atoms in total. The average molecular weight is 260 g/mol. The van der Waals surface area contributed by atoms with Gasteiger partial charge in [0.1, 0.15) is 0 Å². The zero-order valence-corrected chi connectivity index (χ0v) is 10.5. The van der Waals surface area contributed by atoms with Crippen LogP contribution in [0.2, 0.25) is 0 Å². The van der Waals surface area contributed by atoms with Crippen LogP contribution in [0.3, 0.4) is 0 Å². The van der Waals surface area contributed by atoms with Crippen LogP contribution in [-0.4, -0.2) is 35.1 Å². The number of urea groups is 1. The normalized spacial score (nSPS) is 15.9. The zero-order valence-electron chi connectivity index (χ0n) is 10.5. The molecule has 0 aliphatic carbocycles. The number of aliphatic carboxylic acids is 1. The van der Waals surface area contributed by atoms with Gasteiger partial charge in [0.2, 0.25) is 0 Å². The number of hydrogen-bond acceptors (Lipinski definition) is 2. The Hall–Kier alpha value is -2.30. The summed E-state index contributed by atoms with van der Waals surface area (Å²) in [4.78, 5) is 24.9. The first-order valence-corrected chi connectivity index (χ1v) is 6.16.